The van der Waals surface area contributed by atoms with Gasteiger partial charge in [-0.05, 0) is 24.3 Å². The Morgan fingerprint density at radius 3 is 2.58 bits per heavy atom. The molecule has 0 spiro atoms. The molecule has 4 aromatic rings. The summed E-state index contributed by atoms with van der Waals surface area (Å²) in [5.41, 5.74) is 12.4. The quantitative estimate of drug-likeness (QED) is 0.435. The molecule has 0 radical (unpaired) electrons. The molecule has 2 aromatic carbocycles. The van der Waals surface area contributed by atoms with Crippen LogP contribution >= 0.6 is 11.6 Å². The predicted octanol–water partition coefficient (Wildman–Crippen LogP) is 2.52. The summed E-state index contributed by atoms with van der Waals surface area (Å²) in [5.74, 6) is 0.702. The van der Waals surface area contributed by atoms with Crippen LogP contribution in [0.2, 0.25) is 5.02 Å². The lowest BCUT2D eigenvalue weighted by molar-refractivity contribution is 0.809. The number of para-hydroxylation sites is 1. The third-order valence-electron chi connectivity index (χ3n) is 4.64. The molecule has 0 saturated carbocycles. The Kier molecular flexibility index (Phi) is 5.39. The van der Waals surface area contributed by atoms with Crippen molar-refractivity contribution >= 4 is 40.1 Å². The van der Waals surface area contributed by atoms with E-state index in [-0.39, 0.29) is 28.7 Å². The summed E-state index contributed by atoms with van der Waals surface area (Å²) in [4.78, 5) is 25.8. The maximum absolute atomic E-state index is 13.3. The van der Waals surface area contributed by atoms with Crippen molar-refractivity contribution in [3.8, 4) is 11.8 Å². The van der Waals surface area contributed by atoms with E-state index in [1.807, 2.05) is 36.4 Å². The van der Waals surface area contributed by atoms with Crippen LogP contribution in [-0.4, -0.2) is 26.1 Å². The van der Waals surface area contributed by atoms with Gasteiger partial charge in [-0.25, -0.2) is 4.98 Å². The van der Waals surface area contributed by atoms with Crippen LogP contribution in [0.1, 0.15) is 11.4 Å². The van der Waals surface area contributed by atoms with Crippen LogP contribution in [0.4, 0.5) is 17.6 Å². The first-order valence-electron chi connectivity index (χ1n) is 9.32. The fourth-order valence-electron chi connectivity index (χ4n) is 3.27. The summed E-state index contributed by atoms with van der Waals surface area (Å²) in [5, 5.41) is 13.1. The number of nitrogens with zero attached hydrogens (tertiary/aromatic N) is 5. The van der Waals surface area contributed by atoms with E-state index < -0.39 is 0 Å². The van der Waals surface area contributed by atoms with Gasteiger partial charge in [0.25, 0.3) is 5.56 Å². The number of halogens is 1. The molecule has 0 aliphatic carbocycles. The van der Waals surface area contributed by atoms with Crippen LogP contribution < -0.4 is 22.3 Å². The summed E-state index contributed by atoms with van der Waals surface area (Å²) < 4.78 is 1.53. The van der Waals surface area contributed by atoms with Gasteiger partial charge in [0, 0.05) is 13.0 Å². The monoisotopic (exact) mass is 432 g/mol. The standard InChI is InChI=1S/C21H17ClN8O/c22-14-7-4-8-15-17(14)20(31)30(12-5-2-1-3-6-12)16(27-15)9-10-26-19-13(11-23)18(24)28-21(25)29-19/h1-8H,9-10H2,(H5,24,25,26,28,29). The summed E-state index contributed by atoms with van der Waals surface area (Å²) in [6.45, 7) is 0.315. The maximum atomic E-state index is 13.3. The van der Waals surface area contributed by atoms with Crippen LogP contribution in [0.5, 0.6) is 0 Å². The highest BCUT2D eigenvalue weighted by molar-refractivity contribution is 6.35. The fourth-order valence-corrected chi connectivity index (χ4v) is 3.52. The highest BCUT2D eigenvalue weighted by Gasteiger charge is 2.16. The number of nitrogens with one attached hydrogen (secondary N) is 1. The number of hydrogen-bond donors (Lipinski definition) is 3. The molecular formula is C21H17ClN8O. The first kappa shape index (κ1) is 20.1. The van der Waals surface area contributed by atoms with E-state index in [1.165, 1.54) is 4.57 Å². The molecule has 2 aromatic heterocycles. The molecular weight excluding hydrogens is 416 g/mol. The molecule has 0 unspecified atom stereocenters. The average molecular weight is 433 g/mol. The van der Waals surface area contributed by atoms with Gasteiger partial charge in [0.05, 0.1) is 21.6 Å². The molecule has 31 heavy (non-hydrogen) atoms. The highest BCUT2D eigenvalue weighted by atomic mass is 35.5. The Morgan fingerprint density at radius 1 is 1.06 bits per heavy atom. The number of nitrogens with two attached hydrogens (primary N) is 2. The van der Waals surface area contributed by atoms with Gasteiger partial charge in [-0.2, -0.15) is 15.2 Å². The number of aromatic nitrogens is 4. The number of fused-ring (bicyclic) bond motifs is 1. The van der Waals surface area contributed by atoms with Crippen molar-refractivity contribution in [1.29, 1.82) is 5.26 Å². The van der Waals surface area contributed by atoms with E-state index >= 15 is 0 Å². The molecule has 2 heterocycles. The van der Waals surface area contributed by atoms with Crippen molar-refractivity contribution in [3.05, 3.63) is 75.3 Å². The lowest BCUT2D eigenvalue weighted by atomic mass is 10.2. The molecule has 0 aliphatic rings. The predicted molar refractivity (Wildman–Crippen MR) is 120 cm³/mol. The van der Waals surface area contributed by atoms with Crippen molar-refractivity contribution in [2.45, 2.75) is 6.42 Å². The largest absolute Gasteiger partial charge is 0.382 e. The number of rotatable bonds is 5. The second-order valence-corrected chi connectivity index (χ2v) is 7.02. The van der Waals surface area contributed by atoms with Gasteiger partial charge in [0.15, 0.2) is 5.82 Å². The third kappa shape index (κ3) is 3.84. The van der Waals surface area contributed by atoms with E-state index in [2.05, 4.69) is 20.3 Å². The fraction of sp³-hybridized carbons (Fsp3) is 0.0952. The maximum Gasteiger partial charge on any atom is 0.267 e. The molecule has 0 amide bonds. The van der Waals surface area contributed by atoms with Crippen LogP contribution in [-0.2, 0) is 6.42 Å². The van der Waals surface area contributed by atoms with Gasteiger partial charge in [0.1, 0.15) is 23.3 Å². The van der Waals surface area contributed by atoms with Crippen LogP contribution in [0.25, 0.3) is 16.6 Å². The normalized spacial score (nSPS) is 10.7. The number of anilines is 3. The second kappa shape index (κ2) is 8.30. The van der Waals surface area contributed by atoms with Gasteiger partial charge < -0.3 is 16.8 Å². The molecule has 9 nitrogen and oxygen atoms in total. The minimum absolute atomic E-state index is 0.00262. The number of benzene rings is 2. The zero-order valence-electron chi connectivity index (χ0n) is 16.2. The first-order valence-corrected chi connectivity index (χ1v) is 9.70. The second-order valence-electron chi connectivity index (χ2n) is 6.62. The third-order valence-corrected chi connectivity index (χ3v) is 4.95. The Morgan fingerprint density at radius 2 is 1.84 bits per heavy atom. The Hall–Kier alpha value is -4.16. The van der Waals surface area contributed by atoms with Crippen molar-refractivity contribution in [1.82, 2.24) is 19.5 Å². The van der Waals surface area contributed by atoms with E-state index in [1.54, 1.807) is 18.2 Å². The van der Waals surface area contributed by atoms with Crippen molar-refractivity contribution in [2.75, 3.05) is 23.3 Å². The summed E-state index contributed by atoms with van der Waals surface area (Å²) in [6, 6.07) is 16.3. The molecule has 0 bridgehead atoms. The SMILES string of the molecule is N#Cc1c(N)nc(N)nc1NCCc1nc2cccc(Cl)c2c(=O)n1-c1ccccc1. The lowest BCUT2D eigenvalue weighted by Gasteiger charge is -2.15. The molecule has 0 saturated heterocycles. The van der Waals surface area contributed by atoms with Gasteiger partial charge in [-0.3, -0.25) is 9.36 Å². The van der Waals surface area contributed by atoms with Gasteiger partial charge in [0.2, 0.25) is 5.95 Å². The van der Waals surface area contributed by atoms with Gasteiger partial charge in [-0.1, -0.05) is 35.9 Å². The van der Waals surface area contributed by atoms with Crippen molar-refractivity contribution < 1.29 is 0 Å². The smallest absolute Gasteiger partial charge is 0.267 e. The van der Waals surface area contributed by atoms with E-state index in [0.29, 0.717) is 40.4 Å². The molecule has 0 aliphatic heterocycles. The Balaban J connectivity index is 1.75. The Labute approximate surface area is 181 Å². The summed E-state index contributed by atoms with van der Waals surface area (Å²) >= 11 is 6.29. The van der Waals surface area contributed by atoms with Crippen LogP contribution in [0.15, 0.2) is 53.3 Å². The molecule has 4 rings (SSSR count). The molecule has 5 N–H and O–H groups in total. The summed E-state index contributed by atoms with van der Waals surface area (Å²) in [6.07, 6.45) is 0.348. The number of hydrogen-bond acceptors (Lipinski definition) is 8. The molecule has 154 valence electrons. The van der Waals surface area contributed by atoms with Crippen molar-refractivity contribution in [3.63, 3.8) is 0 Å². The summed E-state index contributed by atoms with van der Waals surface area (Å²) in [7, 11) is 0. The minimum Gasteiger partial charge on any atom is -0.382 e. The molecule has 10 heteroatoms. The van der Waals surface area contributed by atoms with E-state index in [4.69, 9.17) is 23.1 Å². The first-order chi connectivity index (χ1) is 15.0. The lowest BCUT2D eigenvalue weighted by Crippen LogP contribution is -2.25. The Bertz CT molecular complexity index is 1380. The highest BCUT2D eigenvalue weighted by Crippen LogP contribution is 2.21. The van der Waals surface area contributed by atoms with E-state index in [9.17, 15) is 10.1 Å². The zero-order valence-corrected chi connectivity index (χ0v) is 17.0. The van der Waals surface area contributed by atoms with Crippen LogP contribution in [0, 0.1) is 11.3 Å². The zero-order chi connectivity index (χ0) is 22.0. The van der Waals surface area contributed by atoms with Gasteiger partial charge in [-0.15, -0.1) is 0 Å². The van der Waals surface area contributed by atoms with Gasteiger partial charge >= 0.3 is 0 Å². The number of nitriles is 1. The molecule has 0 atom stereocenters. The van der Waals surface area contributed by atoms with Crippen molar-refractivity contribution in [2.24, 2.45) is 0 Å². The van der Waals surface area contributed by atoms with Crippen LogP contribution in [0.3, 0.4) is 0 Å². The number of nitrogen functional groups attached to an aromatic ring is 2. The van der Waals surface area contributed by atoms with E-state index in [0.717, 1.165) is 0 Å². The minimum atomic E-state index is -0.259. The average Bonchev–Trinajstić information content (AvgIpc) is 2.74. The topological polar surface area (TPSA) is 149 Å². The molecule has 0 fully saturated rings.